The number of likely N-dealkylation sites (tertiary alicyclic amines) is 2. The molecule has 0 bridgehead atoms. The van der Waals surface area contributed by atoms with Gasteiger partial charge in [0, 0.05) is 37.8 Å². The number of carbonyl (C=O) groups is 1. The van der Waals surface area contributed by atoms with E-state index in [-0.39, 0.29) is 5.91 Å². The summed E-state index contributed by atoms with van der Waals surface area (Å²) in [5.41, 5.74) is 1.19. The molecule has 0 aromatic carbocycles. The third kappa shape index (κ3) is 3.77. The van der Waals surface area contributed by atoms with Gasteiger partial charge in [0.1, 0.15) is 4.88 Å². The minimum Gasteiger partial charge on any atom is -0.375 e. The number of aromatic nitrogens is 1. The van der Waals surface area contributed by atoms with Crippen molar-refractivity contribution < 1.29 is 9.53 Å². The minimum absolute atomic E-state index is 0.188. The first-order valence-electron chi connectivity index (χ1n) is 11.7. The molecule has 1 atom stereocenters. The molecule has 29 heavy (non-hydrogen) atoms. The fraction of sp³-hybridized carbons (Fsp3) is 0.826. The molecule has 5 nitrogen and oxygen atoms in total. The Labute approximate surface area is 178 Å². The monoisotopic (exact) mass is 417 g/mol. The Morgan fingerprint density at radius 2 is 1.86 bits per heavy atom. The maximum Gasteiger partial charge on any atom is 0.265 e. The first-order valence-corrected chi connectivity index (χ1v) is 12.5. The molecule has 1 unspecified atom stereocenters. The largest absolute Gasteiger partial charge is 0.375 e. The van der Waals surface area contributed by atoms with Crippen LogP contribution in [-0.4, -0.2) is 64.6 Å². The van der Waals surface area contributed by atoms with Crippen molar-refractivity contribution in [2.45, 2.75) is 89.3 Å². The number of rotatable bonds is 5. The second kappa shape index (κ2) is 7.93. The van der Waals surface area contributed by atoms with Crippen LogP contribution in [0, 0.1) is 19.8 Å². The predicted molar refractivity (Wildman–Crippen MR) is 115 cm³/mol. The van der Waals surface area contributed by atoms with Crippen molar-refractivity contribution in [2.75, 3.05) is 26.2 Å². The van der Waals surface area contributed by atoms with Crippen molar-refractivity contribution in [3.8, 4) is 0 Å². The molecule has 1 aromatic rings. The third-order valence-corrected chi connectivity index (χ3v) is 8.83. The van der Waals surface area contributed by atoms with E-state index in [9.17, 15) is 4.79 Å². The van der Waals surface area contributed by atoms with Crippen LogP contribution < -0.4 is 0 Å². The van der Waals surface area contributed by atoms with Crippen LogP contribution in [-0.2, 0) is 4.74 Å². The van der Waals surface area contributed by atoms with Crippen molar-refractivity contribution in [1.29, 1.82) is 0 Å². The Balaban J connectivity index is 1.21. The highest BCUT2D eigenvalue weighted by molar-refractivity contribution is 7.13. The molecule has 1 aromatic heterocycles. The Morgan fingerprint density at radius 3 is 2.48 bits per heavy atom. The molecule has 1 amide bonds. The van der Waals surface area contributed by atoms with Crippen LogP contribution >= 0.6 is 11.3 Å². The summed E-state index contributed by atoms with van der Waals surface area (Å²) in [6.45, 7) is 7.79. The average Bonchev–Trinajstić information content (AvgIpc) is 3.50. The Bertz CT molecular complexity index is 745. The molecule has 0 radical (unpaired) electrons. The minimum atomic E-state index is 0.188. The zero-order valence-corrected chi connectivity index (χ0v) is 18.8. The number of hydrogen-bond acceptors (Lipinski definition) is 5. The number of hydrogen-bond donors (Lipinski definition) is 0. The second-order valence-corrected chi connectivity index (χ2v) is 11.0. The van der Waals surface area contributed by atoms with Gasteiger partial charge in [-0.2, -0.15) is 0 Å². The van der Waals surface area contributed by atoms with Gasteiger partial charge in [0.25, 0.3) is 5.91 Å². The van der Waals surface area contributed by atoms with Crippen LogP contribution in [0.1, 0.15) is 78.2 Å². The van der Waals surface area contributed by atoms with Crippen molar-refractivity contribution >= 4 is 17.2 Å². The summed E-state index contributed by atoms with van der Waals surface area (Å²) < 4.78 is 6.44. The molecule has 2 saturated carbocycles. The maximum absolute atomic E-state index is 13.0. The van der Waals surface area contributed by atoms with Crippen molar-refractivity contribution in [3.63, 3.8) is 0 Å². The molecule has 2 saturated heterocycles. The molecule has 160 valence electrons. The lowest BCUT2D eigenvalue weighted by Crippen LogP contribution is -2.75. The summed E-state index contributed by atoms with van der Waals surface area (Å²) in [6, 6.07) is 0.613. The number of ether oxygens (including phenoxy) is 1. The van der Waals surface area contributed by atoms with Crippen LogP contribution in [0.3, 0.4) is 0 Å². The van der Waals surface area contributed by atoms with E-state index in [1.807, 2.05) is 13.8 Å². The van der Waals surface area contributed by atoms with E-state index in [0.29, 0.717) is 17.7 Å². The number of carbonyl (C=O) groups excluding carboxylic acids is 1. The second-order valence-electron chi connectivity index (χ2n) is 9.75. The SMILES string of the molecule is Cc1nc(C)c(C(=O)N2CCC(N3CC(OCC4CC4)C34CCCCC4)CC2)s1. The molecule has 6 heteroatoms. The van der Waals surface area contributed by atoms with E-state index in [2.05, 4.69) is 14.8 Å². The number of aryl methyl sites for hydroxylation is 2. The predicted octanol–water partition coefficient (Wildman–Crippen LogP) is 4.18. The van der Waals surface area contributed by atoms with E-state index >= 15 is 0 Å². The summed E-state index contributed by atoms with van der Waals surface area (Å²) >= 11 is 1.54. The molecular formula is C23H35N3O2S. The molecule has 3 heterocycles. The molecule has 2 aliphatic carbocycles. The van der Waals surface area contributed by atoms with E-state index in [4.69, 9.17) is 4.74 Å². The zero-order chi connectivity index (χ0) is 20.0. The average molecular weight is 418 g/mol. The highest BCUT2D eigenvalue weighted by Crippen LogP contribution is 2.48. The van der Waals surface area contributed by atoms with Gasteiger partial charge in [-0.3, -0.25) is 9.69 Å². The van der Waals surface area contributed by atoms with Crippen molar-refractivity contribution in [2.24, 2.45) is 5.92 Å². The lowest BCUT2D eigenvalue weighted by atomic mass is 9.69. The van der Waals surface area contributed by atoms with Crippen LogP contribution in [0.15, 0.2) is 0 Å². The third-order valence-electron chi connectivity index (χ3n) is 7.77. The molecule has 2 aliphatic heterocycles. The summed E-state index contributed by atoms with van der Waals surface area (Å²) in [7, 11) is 0. The van der Waals surface area contributed by atoms with E-state index in [1.165, 1.54) is 44.9 Å². The molecule has 5 rings (SSSR count). The molecule has 4 fully saturated rings. The van der Waals surface area contributed by atoms with E-state index < -0.39 is 0 Å². The summed E-state index contributed by atoms with van der Waals surface area (Å²) in [6.07, 6.45) is 12.1. The van der Waals surface area contributed by atoms with Gasteiger partial charge in [-0.25, -0.2) is 4.98 Å². The molecule has 4 aliphatic rings. The number of piperidine rings is 1. The fourth-order valence-electron chi connectivity index (χ4n) is 5.89. The summed E-state index contributed by atoms with van der Waals surface area (Å²) in [4.78, 5) is 23.1. The van der Waals surface area contributed by atoms with Gasteiger partial charge in [-0.15, -0.1) is 11.3 Å². The van der Waals surface area contributed by atoms with Gasteiger partial charge in [-0.1, -0.05) is 19.3 Å². The van der Waals surface area contributed by atoms with Gasteiger partial charge in [0.05, 0.1) is 16.8 Å². The Kier molecular flexibility index (Phi) is 5.46. The van der Waals surface area contributed by atoms with Gasteiger partial charge in [0.15, 0.2) is 0 Å². The maximum atomic E-state index is 13.0. The van der Waals surface area contributed by atoms with E-state index in [0.717, 1.165) is 60.6 Å². The number of nitrogens with zero attached hydrogens (tertiary/aromatic N) is 3. The highest BCUT2D eigenvalue weighted by Gasteiger charge is 2.56. The van der Waals surface area contributed by atoms with Crippen LogP contribution in [0.25, 0.3) is 0 Å². The van der Waals surface area contributed by atoms with Crippen LogP contribution in [0.5, 0.6) is 0 Å². The van der Waals surface area contributed by atoms with Gasteiger partial charge in [-0.05, 0) is 58.3 Å². The van der Waals surface area contributed by atoms with Crippen molar-refractivity contribution in [3.05, 3.63) is 15.6 Å². The number of amides is 1. The lowest BCUT2D eigenvalue weighted by molar-refractivity contribution is -0.202. The normalized spacial score (nSPS) is 27.9. The fourth-order valence-corrected chi connectivity index (χ4v) is 6.78. The molecule has 1 spiro atoms. The number of thiazole rings is 1. The Hall–Kier alpha value is -0.980. The van der Waals surface area contributed by atoms with Gasteiger partial charge < -0.3 is 9.64 Å². The first kappa shape index (κ1) is 20.0. The quantitative estimate of drug-likeness (QED) is 0.721. The first-order chi connectivity index (χ1) is 14.1. The molecular weight excluding hydrogens is 382 g/mol. The summed E-state index contributed by atoms with van der Waals surface area (Å²) in [5.74, 6) is 1.03. The van der Waals surface area contributed by atoms with Crippen LogP contribution in [0.2, 0.25) is 0 Å². The molecule has 0 N–H and O–H groups in total. The van der Waals surface area contributed by atoms with Gasteiger partial charge in [0.2, 0.25) is 0 Å². The topological polar surface area (TPSA) is 45.7 Å². The summed E-state index contributed by atoms with van der Waals surface area (Å²) in [5, 5.41) is 0.984. The highest BCUT2D eigenvalue weighted by atomic mass is 32.1. The van der Waals surface area contributed by atoms with Gasteiger partial charge >= 0.3 is 0 Å². The Morgan fingerprint density at radius 1 is 1.14 bits per heavy atom. The van der Waals surface area contributed by atoms with Crippen LogP contribution in [0.4, 0.5) is 0 Å². The zero-order valence-electron chi connectivity index (χ0n) is 18.0. The lowest BCUT2D eigenvalue weighted by Gasteiger charge is -2.63. The smallest absolute Gasteiger partial charge is 0.265 e. The van der Waals surface area contributed by atoms with E-state index in [1.54, 1.807) is 11.3 Å². The standard InChI is InChI=1S/C23H35N3O2S/c1-16-21(29-17(2)24-16)22(27)25-12-8-19(9-13-25)26-14-20(28-15-18-6-7-18)23(26)10-4-3-5-11-23/h18-20H,3-15H2,1-2H3. The van der Waals surface area contributed by atoms with Crippen molar-refractivity contribution in [1.82, 2.24) is 14.8 Å².